The first-order valence-electron chi connectivity index (χ1n) is 11.4. The fourth-order valence-electron chi connectivity index (χ4n) is 3.50. The lowest BCUT2D eigenvalue weighted by molar-refractivity contribution is 0.0947. The van der Waals surface area contributed by atoms with Crippen LogP contribution in [0.25, 0.3) is 0 Å². The van der Waals surface area contributed by atoms with E-state index in [4.69, 9.17) is 4.74 Å². The number of para-hydroxylation sites is 1. The van der Waals surface area contributed by atoms with Gasteiger partial charge in [0.2, 0.25) is 10.0 Å². The van der Waals surface area contributed by atoms with Crippen LogP contribution in [0, 0.1) is 11.6 Å². The second kappa shape index (κ2) is 11.1. The number of hydrogen-bond donors (Lipinski definition) is 1. The minimum Gasteiger partial charge on any atom is -0.492 e. The van der Waals surface area contributed by atoms with Crippen molar-refractivity contribution in [3.05, 3.63) is 95.1 Å². The number of anilines is 1. The molecule has 0 bridgehead atoms. The first-order valence-corrected chi connectivity index (χ1v) is 13.2. The maximum Gasteiger partial charge on any atom is 0.251 e. The number of hydrogen-bond acceptors (Lipinski definition) is 4. The smallest absolute Gasteiger partial charge is 0.251 e. The van der Waals surface area contributed by atoms with Crippen molar-refractivity contribution in [2.75, 3.05) is 23.7 Å². The molecule has 0 fully saturated rings. The van der Waals surface area contributed by atoms with Crippen molar-refractivity contribution in [1.29, 1.82) is 0 Å². The molecule has 36 heavy (non-hydrogen) atoms. The number of rotatable bonds is 9. The minimum absolute atomic E-state index is 0.0546. The van der Waals surface area contributed by atoms with Crippen LogP contribution in [-0.4, -0.2) is 33.7 Å². The van der Waals surface area contributed by atoms with Gasteiger partial charge >= 0.3 is 0 Å². The number of carbonyl (C=O) groups is 1. The SMILES string of the molecule is CC(C)(C)c1ccc(OCCNC(=O)c2ccc(CN(c3c(F)cccc3F)S(C)(=O)=O)cc2)cc1. The molecule has 0 saturated carbocycles. The lowest BCUT2D eigenvalue weighted by atomic mass is 9.87. The van der Waals surface area contributed by atoms with Gasteiger partial charge in [-0.1, -0.05) is 51.1 Å². The summed E-state index contributed by atoms with van der Waals surface area (Å²) in [5.41, 5.74) is 1.43. The Bertz CT molecular complexity index is 1280. The van der Waals surface area contributed by atoms with Crippen LogP contribution in [0.1, 0.15) is 42.3 Å². The first kappa shape index (κ1) is 27.1. The topological polar surface area (TPSA) is 75.7 Å². The standard InChI is InChI=1S/C27H30F2N2O4S/c1-27(2,3)21-12-14-22(15-13-21)35-17-16-30-26(32)20-10-8-19(9-11-20)18-31(36(4,33)34)25-23(28)6-5-7-24(25)29/h5-15H,16-18H2,1-4H3,(H,30,32). The quantitative estimate of drug-likeness (QED) is 0.405. The zero-order valence-corrected chi connectivity index (χ0v) is 21.5. The van der Waals surface area contributed by atoms with E-state index in [-0.39, 0.29) is 31.0 Å². The van der Waals surface area contributed by atoms with Crippen molar-refractivity contribution in [3.8, 4) is 5.75 Å². The molecule has 1 amide bonds. The van der Waals surface area contributed by atoms with Gasteiger partial charge in [-0.25, -0.2) is 17.2 Å². The lowest BCUT2D eigenvalue weighted by Crippen LogP contribution is -2.31. The van der Waals surface area contributed by atoms with Crippen LogP contribution in [0.5, 0.6) is 5.75 Å². The molecule has 0 saturated heterocycles. The summed E-state index contributed by atoms with van der Waals surface area (Å²) in [4.78, 5) is 12.4. The van der Waals surface area contributed by atoms with Crippen LogP contribution in [0.2, 0.25) is 0 Å². The van der Waals surface area contributed by atoms with E-state index in [1.54, 1.807) is 12.1 Å². The largest absolute Gasteiger partial charge is 0.492 e. The molecule has 1 N–H and O–H groups in total. The molecule has 0 unspecified atom stereocenters. The second-order valence-corrected chi connectivity index (χ2v) is 11.3. The van der Waals surface area contributed by atoms with Crippen molar-refractivity contribution in [2.24, 2.45) is 0 Å². The number of nitrogens with one attached hydrogen (secondary N) is 1. The summed E-state index contributed by atoms with van der Waals surface area (Å²) >= 11 is 0. The molecular formula is C27H30F2N2O4S. The number of halogens is 2. The average molecular weight is 517 g/mol. The van der Waals surface area contributed by atoms with Gasteiger partial charge < -0.3 is 10.1 Å². The summed E-state index contributed by atoms with van der Waals surface area (Å²) in [6.07, 6.45) is 0.877. The minimum atomic E-state index is -3.98. The molecule has 9 heteroatoms. The van der Waals surface area contributed by atoms with Crippen LogP contribution in [0.15, 0.2) is 66.7 Å². The van der Waals surface area contributed by atoms with Gasteiger partial charge in [0.05, 0.1) is 19.3 Å². The van der Waals surface area contributed by atoms with Gasteiger partial charge in [-0.15, -0.1) is 0 Å². The van der Waals surface area contributed by atoms with Crippen LogP contribution in [-0.2, 0) is 22.0 Å². The molecule has 0 aliphatic carbocycles. The Kier molecular flexibility index (Phi) is 8.35. The van der Waals surface area contributed by atoms with Gasteiger partial charge in [-0.05, 0) is 52.9 Å². The Hall–Kier alpha value is -3.46. The van der Waals surface area contributed by atoms with Crippen LogP contribution >= 0.6 is 0 Å². The molecule has 0 aliphatic rings. The lowest BCUT2D eigenvalue weighted by Gasteiger charge is -2.23. The maximum absolute atomic E-state index is 14.2. The van der Waals surface area contributed by atoms with E-state index >= 15 is 0 Å². The van der Waals surface area contributed by atoms with Crippen molar-refractivity contribution in [2.45, 2.75) is 32.7 Å². The Balaban J connectivity index is 1.57. The molecule has 0 heterocycles. The Labute approximate surface area is 211 Å². The number of sulfonamides is 1. The third kappa shape index (κ3) is 7.04. The zero-order chi connectivity index (χ0) is 26.5. The number of nitrogens with zero attached hydrogens (tertiary/aromatic N) is 1. The van der Waals surface area contributed by atoms with Crippen molar-refractivity contribution in [3.63, 3.8) is 0 Å². The van der Waals surface area contributed by atoms with Gasteiger partial charge in [-0.3, -0.25) is 9.10 Å². The van der Waals surface area contributed by atoms with Crippen LogP contribution in [0.3, 0.4) is 0 Å². The molecule has 0 spiro atoms. The molecule has 3 rings (SSSR count). The summed E-state index contributed by atoms with van der Waals surface area (Å²) in [7, 11) is -3.98. The highest BCUT2D eigenvalue weighted by molar-refractivity contribution is 7.92. The molecule has 0 radical (unpaired) electrons. The highest BCUT2D eigenvalue weighted by Gasteiger charge is 2.24. The summed E-state index contributed by atoms with van der Waals surface area (Å²) in [6.45, 7) is 6.69. The van der Waals surface area contributed by atoms with E-state index in [0.29, 0.717) is 21.2 Å². The van der Waals surface area contributed by atoms with Gasteiger partial charge in [0.15, 0.2) is 11.6 Å². The third-order valence-corrected chi connectivity index (χ3v) is 6.62. The second-order valence-electron chi connectivity index (χ2n) is 9.42. The summed E-state index contributed by atoms with van der Waals surface area (Å²) < 4.78 is 59.3. The van der Waals surface area contributed by atoms with E-state index in [0.717, 1.165) is 24.5 Å². The zero-order valence-electron chi connectivity index (χ0n) is 20.7. The molecule has 3 aromatic rings. The predicted molar refractivity (Wildman–Crippen MR) is 137 cm³/mol. The number of carbonyl (C=O) groups excluding carboxylic acids is 1. The van der Waals surface area contributed by atoms with Crippen molar-refractivity contribution < 1.29 is 26.7 Å². The van der Waals surface area contributed by atoms with E-state index in [9.17, 15) is 22.0 Å². The van der Waals surface area contributed by atoms with Gasteiger partial charge in [0, 0.05) is 5.56 Å². The Morgan fingerprint density at radius 3 is 2.06 bits per heavy atom. The van der Waals surface area contributed by atoms with Gasteiger partial charge in [-0.2, -0.15) is 0 Å². The summed E-state index contributed by atoms with van der Waals surface area (Å²) in [5.74, 6) is -1.58. The number of amides is 1. The predicted octanol–water partition coefficient (Wildman–Crippen LogP) is 5.04. The fraction of sp³-hybridized carbons (Fsp3) is 0.296. The van der Waals surface area contributed by atoms with E-state index in [1.807, 2.05) is 24.3 Å². The van der Waals surface area contributed by atoms with Crippen LogP contribution < -0.4 is 14.4 Å². The van der Waals surface area contributed by atoms with Crippen molar-refractivity contribution in [1.82, 2.24) is 5.32 Å². The third-order valence-electron chi connectivity index (χ3n) is 5.51. The fourth-order valence-corrected chi connectivity index (χ4v) is 4.39. The van der Waals surface area contributed by atoms with Gasteiger partial charge in [0.25, 0.3) is 5.91 Å². The Morgan fingerprint density at radius 2 is 1.53 bits per heavy atom. The molecule has 0 aromatic heterocycles. The van der Waals surface area contributed by atoms with Gasteiger partial charge in [0.1, 0.15) is 18.0 Å². The normalized spacial score (nSPS) is 11.7. The average Bonchev–Trinajstić information content (AvgIpc) is 2.80. The molecule has 6 nitrogen and oxygen atoms in total. The summed E-state index contributed by atoms with van der Waals surface area (Å²) in [5, 5.41) is 2.76. The number of benzene rings is 3. The molecule has 0 atom stereocenters. The maximum atomic E-state index is 14.2. The van der Waals surface area contributed by atoms with E-state index in [1.165, 1.54) is 17.7 Å². The summed E-state index contributed by atoms with van der Waals surface area (Å²) in [6, 6.07) is 17.1. The first-order chi connectivity index (χ1) is 16.9. The number of ether oxygens (including phenoxy) is 1. The van der Waals surface area contributed by atoms with E-state index in [2.05, 4.69) is 26.1 Å². The van der Waals surface area contributed by atoms with E-state index < -0.39 is 27.3 Å². The van der Waals surface area contributed by atoms with Crippen molar-refractivity contribution >= 4 is 21.6 Å². The van der Waals surface area contributed by atoms with Crippen LogP contribution in [0.4, 0.5) is 14.5 Å². The monoisotopic (exact) mass is 516 g/mol. The highest BCUT2D eigenvalue weighted by atomic mass is 32.2. The Morgan fingerprint density at radius 1 is 0.944 bits per heavy atom. The highest BCUT2D eigenvalue weighted by Crippen LogP contribution is 2.27. The molecule has 3 aromatic carbocycles. The molecular weight excluding hydrogens is 486 g/mol. The molecule has 192 valence electrons. The molecule has 0 aliphatic heterocycles.